The van der Waals surface area contributed by atoms with Gasteiger partial charge in [-0.05, 0) is 12.1 Å². The Kier molecular flexibility index (Phi) is 5.25. The first kappa shape index (κ1) is 11.8. The van der Waals surface area contributed by atoms with Crippen molar-refractivity contribution in [2.75, 3.05) is 6.61 Å². The van der Waals surface area contributed by atoms with Crippen molar-refractivity contribution >= 4 is 6.47 Å². The molecule has 1 N–H and O–H groups in total. The predicted octanol–water partition coefficient (Wildman–Crippen LogP) is 1.05. The molecule has 2 rings (SSSR count). The molecule has 1 aromatic carbocycles. The van der Waals surface area contributed by atoms with Crippen molar-refractivity contribution < 1.29 is 9.53 Å². The van der Waals surface area contributed by atoms with Crippen LogP contribution in [0.1, 0.15) is 6.92 Å². The fourth-order valence-corrected chi connectivity index (χ4v) is 0.939. The normalized spacial score (nSPS) is 8.81. The van der Waals surface area contributed by atoms with E-state index in [1.165, 1.54) is 0 Å². The van der Waals surface area contributed by atoms with E-state index in [0.717, 1.165) is 5.56 Å². The Hall–Kier alpha value is -2.24. The Labute approximate surface area is 92.6 Å². The first-order valence-corrected chi connectivity index (χ1v) is 4.72. The third-order valence-corrected chi connectivity index (χ3v) is 1.61. The largest absolute Gasteiger partial charge is 0.468 e. The van der Waals surface area contributed by atoms with Gasteiger partial charge in [0.1, 0.15) is 0 Å². The number of nitrogens with one attached hydrogen (secondary N) is 1. The maximum Gasteiger partial charge on any atom is 0.293 e. The fraction of sp³-hybridized carbons (Fsp3) is 0.200. The van der Waals surface area contributed by atoms with Gasteiger partial charge in [-0.3, -0.25) is 4.79 Å². The van der Waals surface area contributed by atoms with E-state index in [1.807, 2.05) is 30.3 Å². The molecule has 0 radical (unpaired) electrons. The second-order valence-corrected chi connectivity index (χ2v) is 2.65. The second-order valence-electron chi connectivity index (χ2n) is 2.65. The van der Waals surface area contributed by atoms with Crippen molar-refractivity contribution in [3.63, 3.8) is 0 Å². The summed E-state index contributed by atoms with van der Waals surface area (Å²) >= 11 is 0. The average Bonchev–Trinajstić information content (AvgIpc) is 2.86. The molecule has 84 valence electrons. The highest BCUT2D eigenvalue weighted by atomic mass is 16.5. The summed E-state index contributed by atoms with van der Waals surface area (Å²) in [5.41, 5.74) is 0.973. The summed E-state index contributed by atoms with van der Waals surface area (Å²) in [7, 11) is 0. The van der Waals surface area contributed by atoms with Gasteiger partial charge in [-0.2, -0.15) is 5.21 Å². The van der Waals surface area contributed by atoms with Gasteiger partial charge in [0.15, 0.2) is 0 Å². The van der Waals surface area contributed by atoms with E-state index < -0.39 is 0 Å². The van der Waals surface area contributed by atoms with Crippen molar-refractivity contribution in [2.45, 2.75) is 6.92 Å². The molecular weight excluding hydrogens is 208 g/mol. The van der Waals surface area contributed by atoms with Crippen LogP contribution in [0.25, 0.3) is 11.4 Å². The fourth-order valence-electron chi connectivity index (χ4n) is 0.939. The monoisotopic (exact) mass is 220 g/mol. The number of benzene rings is 1. The highest BCUT2D eigenvalue weighted by Crippen LogP contribution is 2.10. The Morgan fingerprint density at radius 3 is 2.56 bits per heavy atom. The van der Waals surface area contributed by atoms with E-state index in [9.17, 15) is 4.79 Å². The van der Waals surface area contributed by atoms with Crippen LogP contribution in [0.15, 0.2) is 30.3 Å². The number of nitrogens with zero attached hydrogens (tertiary/aromatic N) is 3. The Balaban J connectivity index is 0.000000221. The third kappa shape index (κ3) is 3.87. The Morgan fingerprint density at radius 2 is 2.12 bits per heavy atom. The average molecular weight is 220 g/mol. The lowest BCUT2D eigenvalue weighted by atomic mass is 10.2. The molecule has 0 bridgehead atoms. The molecule has 16 heavy (non-hydrogen) atoms. The molecule has 0 saturated heterocycles. The lowest BCUT2D eigenvalue weighted by Crippen LogP contribution is -1.80. The Morgan fingerprint density at radius 1 is 1.38 bits per heavy atom. The van der Waals surface area contributed by atoms with Gasteiger partial charge in [0.05, 0.1) is 6.61 Å². The molecule has 0 saturated carbocycles. The van der Waals surface area contributed by atoms with E-state index in [1.54, 1.807) is 6.92 Å². The molecule has 0 aliphatic heterocycles. The first-order valence-electron chi connectivity index (χ1n) is 4.72. The molecule has 0 atom stereocenters. The number of carbonyl (C=O) groups excluding carboxylic acids is 1. The molecule has 0 amide bonds. The molecule has 0 spiro atoms. The van der Waals surface area contributed by atoms with E-state index in [4.69, 9.17) is 0 Å². The number of ether oxygens (including phenoxy) is 1. The van der Waals surface area contributed by atoms with Crippen LogP contribution >= 0.6 is 0 Å². The number of rotatable bonds is 3. The summed E-state index contributed by atoms with van der Waals surface area (Å²) in [5.74, 6) is 0.630. The SMILES string of the molecule is CCOC=O.c1ccc(-c2nn[nH]n2)cc1. The number of tetrazole rings is 1. The predicted molar refractivity (Wildman–Crippen MR) is 57.3 cm³/mol. The lowest BCUT2D eigenvalue weighted by molar-refractivity contribution is -0.128. The minimum absolute atomic E-state index is 0.431. The topological polar surface area (TPSA) is 80.8 Å². The van der Waals surface area contributed by atoms with Crippen LogP contribution in [-0.2, 0) is 9.53 Å². The van der Waals surface area contributed by atoms with Crippen molar-refractivity contribution in [1.82, 2.24) is 20.6 Å². The van der Waals surface area contributed by atoms with E-state index >= 15 is 0 Å². The highest BCUT2D eigenvalue weighted by molar-refractivity contribution is 5.52. The zero-order chi connectivity index (χ0) is 11.6. The molecule has 0 aliphatic rings. The van der Waals surface area contributed by atoms with Crippen LogP contribution in [0.3, 0.4) is 0 Å². The standard InChI is InChI=1S/C7H6N4.C3H6O2/c1-2-4-6(5-3-1)7-8-10-11-9-7;1-2-5-3-4/h1-5H,(H,8,9,10,11);3H,2H2,1H3. The van der Waals surface area contributed by atoms with Crippen molar-refractivity contribution in [3.05, 3.63) is 30.3 Å². The van der Waals surface area contributed by atoms with E-state index in [0.29, 0.717) is 18.9 Å². The maximum absolute atomic E-state index is 9.18. The van der Waals surface area contributed by atoms with Crippen LogP contribution in [0, 0.1) is 0 Å². The minimum atomic E-state index is 0.431. The summed E-state index contributed by atoms with van der Waals surface area (Å²) in [6.45, 7) is 2.66. The number of aromatic amines is 1. The maximum atomic E-state index is 9.18. The minimum Gasteiger partial charge on any atom is -0.468 e. The third-order valence-electron chi connectivity index (χ3n) is 1.61. The molecule has 6 nitrogen and oxygen atoms in total. The quantitative estimate of drug-likeness (QED) is 0.782. The summed E-state index contributed by atoms with van der Waals surface area (Å²) in [6, 6.07) is 9.69. The summed E-state index contributed by atoms with van der Waals surface area (Å²) in [4.78, 5) is 9.18. The van der Waals surface area contributed by atoms with Gasteiger partial charge in [-0.15, -0.1) is 10.2 Å². The molecule has 6 heteroatoms. The molecule has 1 aromatic heterocycles. The smallest absolute Gasteiger partial charge is 0.293 e. The molecule has 0 aliphatic carbocycles. The van der Waals surface area contributed by atoms with E-state index in [-0.39, 0.29) is 0 Å². The second kappa shape index (κ2) is 7.10. The van der Waals surface area contributed by atoms with Crippen LogP contribution in [0.2, 0.25) is 0 Å². The number of hydrogen-bond donors (Lipinski definition) is 1. The summed E-state index contributed by atoms with van der Waals surface area (Å²) in [6.07, 6.45) is 0. The van der Waals surface area contributed by atoms with Crippen LogP contribution in [-0.4, -0.2) is 33.7 Å². The van der Waals surface area contributed by atoms with Crippen LogP contribution in [0.5, 0.6) is 0 Å². The number of H-pyrrole nitrogens is 1. The molecule has 0 fully saturated rings. The van der Waals surface area contributed by atoms with Crippen LogP contribution < -0.4 is 0 Å². The Bertz CT molecular complexity index is 388. The molecule has 1 heterocycles. The zero-order valence-electron chi connectivity index (χ0n) is 8.83. The molecular formula is C10H12N4O2. The number of carbonyl (C=O) groups is 1. The van der Waals surface area contributed by atoms with Gasteiger partial charge in [0, 0.05) is 5.56 Å². The van der Waals surface area contributed by atoms with Gasteiger partial charge in [-0.25, -0.2) is 0 Å². The van der Waals surface area contributed by atoms with E-state index in [2.05, 4.69) is 25.4 Å². The van der Waals surface area contributed by atoms with Crippen molar-refractivity contribution in [3.8, 4) is 11.4 Å². The van der Waals surface area contributed by atoms with Gasteiger partial charge >= 0.3 is 0 Å². The number of aromatic nitrogens is 4. The first-order chi connectivity index (χ1) is 7.88. The summed E-state index contributed by atoms with van der Waals surface area (Å²) < 4.78 is 4.15. The zero-order valence-corrected chi connectivity index (χ0v) is 8.83. The summed E-state index contributed by atoms with van der Waals surface area (Å²) in [5, 5.41) is 13.5. The van der Waals surface area contributed by atoms with Crippen molar-refractivity contribution in [2.24, 2.45) is 0 Å². The van der Waals surface area contributed by atoms with Gasteiger partial charge in [-0.1, -0.05) is 30.3 Å². The number of hydrogen-bond acceptors (Lipinski definition) is 5. The van der Waals surface area contributed by atoms with Crippen LogP contribution in [0.4, 0.5) is 0 Å². The van der Waals surface area contributed by atoms with Gasteiger partial charge in [0.25, 0.3) is 6.47 Å². The highest BCUT2D eigenvalue weighted by Gasteiger charge is 1.98. The lowest BCUT2D eigenvalue weighted by Gasteiger charge is -1.89. The molecule has 0 unspecified atom stereocenters. The van der Waals surface area contributed by atoms with Gasteiger partial charge in [0.2, 0.25) is 5.82 Å². The van der Waals surface area contributed by atoms with Gasteiger partial charge < -0.3 is 4.74 Å². The molecule has 2 aromatic rings. The van der Waals surface area contributed by atoms with Crippen molar-refractivity contribution in [1.29, 1.82) is 0 Å².